The highest BCUT2D eigenvalue weighted by molar-refractivity contribution is 5.91. The van der Waals surface area contributed by atoms with Gasteiger partial charge < -0.3 is 15.3 Å². The number of benzene rings is 1. The summed E-state index contributed by atoms with van der Waals surface area (Å²) in [5, 5.41) is 13.5. The van der Waals surface area contributed by atoms with Crippen molar-refractivity contribution in [2.45, 2.75) is 6.42 Å². The minimum atomic E-state index is 0.685. The van der Waals surface area contributed by atoms with E-state index in [4.69, 9.17) is 0 Å². The molecule has 0 aliphatic heterocycles. The SMILES string of the molecule is N#Cc1c(NCCc2cc[nH]c2)[nH]c2ccccc12. The topological polar surface area (TPSA) is 67.4 Å². The molecule has 4 heteroatoms. The Balaban J connectivity index is 1.79. The zero-order valence-electron chi connectivity index (χ0n) is 10.4. The zero-order valence-corrected chi connectivity index (χ0v) is 10.4. The number of H-pyrrole nitrogens is 2. The summed E-state index contributed by atoms with van der Waals surface area (Å²) in [6, 6.07) is 12.2. The molecule has 0 saturated carbocycles. The maximum absolute atomic E-state index is 9.27. The van der Waals surface area contributed by atoms with Gasteiger partial charge in [-0.15, -0.1) is 0 Å². The summed E-state index contributed by atoms with van der Waals surface area (Å²) in [6.07, 6.45) is 4.82. The largest absolute Gasteiger partial charge is 0.370 e. The number of rotatable bonds is 4. The number of para-hydroxylation sites is 1. The Morgan fingerprint density at radius 2 is 2.11 bits per heavy atom. The molecular formula is C15H14N4. The van der Waals surface area contributed by atoms with Crippen molar-refractivity contribution in [3.05, 3.63) is 53.9 Å². The number of anilines is 1. The Bertz CT molecular complexity index is 716. The number of hydrogen-bond donors (Lipinski definition) is 3. The molecule has 0 unspecified atom stereocenters. The molecule has 0 radical (unpaired) electrons. The van der Waals surface area contributed by atoms with E-state index in [2.05, 4.69) is 27.4 Å². The van der Waals surface area contributed by atoms with E-state index in [0.717, 1.165) is 29.7 Å². The average Bonchev–Trinajstić information content (AvgIpc) is 3.05. The van der Waals surface area contributed by atoms with Gasteiger partial charge in [-0.05, 0) is 24.1 Å². The van der Waals surface area contributed by atoms with Crippen LogP contribution >= 0.6 is 0 Å². The average molecular weight is 250 g/mol. The van der Waals surface area contributed by atoms with Crippen molar-refractivity contribution in [2.24, 2.45) is 0 Å². The maximum Gasteiger partial charge on any atom is 0.122 e. The van der Waals surface area contributed by atoms with Crippen molar-refractivity contribution in [3.8, 4) is 6.07 Å². The summed E-state index contributed by atoms with van der Waals surface area (Å²) in [6.45, 7) is 0.791. The number of aromatic nitrogens is 2. The molecule has 0 aliphatic rings. The second kappa shape index (κ2) is 4.91. The molecule has 4 nitrogen and oxygen atoms in total. The van der Waals surface area contributed by atoms with Crippen LogP contribution in [0.3, 0.4) is 0 Å². The number of fused-ring (bicyclic) bond motifs is 1. The summed E-state index contributed by atoms with van der Waals surface area (Å²) in [7, 11) is 0. The standard InChI is InChI=1S/C15H14N4/c16-9-13-12-3-1-2-4-14(12)19-15(13)18-8-6-11-5-7-17-10-11/h1-5,7,10,17-19H,6,8H2. The summed E-state index contributed by atoms with van der Waals surface area (Å²) in [5.41, 5.74) is 2.93. The molecule has 0 bridgehead atoms. The first-order valence-electron chi connectivity index (χ1n) is 6.25. The Hall–Kier alpha value is -2.67. The summed E-state index contributed by atoms with van der Waals surface area (Å²) in [5.74, 6) is 0.805. The lowest BCUT2D eigenvalue weighted by molar-refractivity contribution is 1.01. The minimum absolute atomic E-state index is 0.685. The third-order valence-electron chi connectivity index (χ3n) is 3.20. The van der Waals surface area contributed by atoms with Crippen LogP contribution in [0, 0.1) is 11.3 Å². The smallest absolute Gasteiger partial charge is 0.122 e. The third-order valence-corrected chi connectivity index (χ3v) is 3.20. The van der Waals surface area contributed by atoms with Gasteiger partial charge in [0.2, 0.25) is 0 Å². The van der Waals surface area contributed by atoms with E-state index in [1.165, 1.54) is 5.56 Å². The molecule has 0 spiro atoms. The lowest BCUT2D eigenvalue weighted by Crippen LogP contribution is -2.05. The number of nitrogens with one attached hydrogen (secondary N) is 3. The van der Waals surface area contributed by atoms with Crippen LogP contribution < -0.4 is 5.32 Å². The molecule has 2 heterocycles. The fourth-order valence-electron chi connectivity index (χ4n) is 2.24. The number of aromatic amines is 2. The normalized spacial score (nSPS) is 10.5. The van der Waals surface area contributed by atoms with E-state index in [1.54, 1.807) is 0 Å². The predicted molar refractivity (Wildman–Crippen MR) is 76.0 cm³/mol. The Labute approximate surface area is 111 Å². The molecule has 94 valence electrons. The van der Waals surface area contributed by atoms with Gasteiger partial charge in [-0.3, -0.25) is 0 Å². The van der Waals surface area contributed by atoms with Gasteiger partial charge in [0.05, 0.1) is 0 Å². The summed E-state index contributed by atoms with van der Waals surface area (Å²) in [4.78, 5) is 6.29. The zero-order chi connectivity index (χ0) is 13.1. The minimum Gasteiger partial charge on any atom is -0.370 e. The van der Waals surface area contributed by atoms with Gasteiger partial charge in [0, 0.05) is 29.8 Å². The first-order chi connectivity index (χ1) is 9.38. The highest BCUT2D eigenvalue weighted by Gasteiger charge is 2.09. The van der Waals surface area contributed by atoms with Crippen molar-refractivity contribution in [3.63, 3.8) is 0 Å². The van der Waals surface area contributed by atoms with Crippen molar-refractivity contribution >= 4 is 16.7 Å². The Morgan fingerprint density at radius 3 is 2.89 bits per heavy atom. The van der Waals surface area contributed by atoms with Crippen molar-refractivity contribution in [2.75, 3.05) is 11.9 Å². The van der Waals surface area contributed by atoms with Crippen molar-refractivity contribution in [1.29, 1.82) is 5.26 Å². The summed E-state index contributed by atoms with van der Waals surface area (Å²) < 4.78 is 0. The van der Waals surface area contributed by atoms with Crippen LogP contribution in [0.25, 0.3) is 10.9 Å². The van der Waals surface area contributed by atoms with Crippen LogP contribution in [0.15, 0.2) is 42.7 Å². The molecule has 3 aromatic rings. The molecule has 0 atom stereocenters. The molecule has 3 N–H and O–H groups in total. The quantitative estimate of drug-likeness (QED) is 0.666. The van der Waals surface area contributed by atoms with E-state index < -0.39 is 0 Å². The molecular weight excluding hydrogens is 236 g/mol. The fraction of sp³-hybridized carbons (Fsp3) is 0.133. The summed E-state index contributed by atoms with van der Waals surface area (Å²) >= 11 is 0. The van der Waals surface area contributed by atoms with Gasteiger partial charge in [0.15, 0.2) is 0 Å². The first kappa shape index (κ1) is 11.4. The third kappa shape index (κ3) is 2.18. The van der Waals surface area contributed by atoms with Gasteiger partial charge in [-0.1, -0.05) is 18.2 Å². The van der Waals surface area contributed by atoms with Crippen molar-refractivity contribution in [1.82, 2.24) is 9.97 Å². The lowest BCUT2D eigenvalue weighted by Gasteiger charge is -2.03. The fourth-order valence-corrected chi connectivity index (χ4v) is 2.24. The molecule has 0 amide bonds. The molecule has 0 aliphatic carbocycles. The Morgan fingerprint density at radius 1 is 1.21 bits per heavy atom. The van der Waals surface area contributed by atoms with Gasteiger partial charge in [-0.2, -0.15) is 5.26 Å². The second-order valence-electron chi connectivity index (χ2n) is 4.43. The van der Waals surface area contributed by atoms with Crippen LogP contribution in [0.2, 0.25) is 0 Å². The van der Waals surface area contributed by atoms with Gasteiger partial charge >= 0.3 is 0 Å². The van der Waals surface area contributed by atoms with E-state index >= 15 is 0 Å². The van der Waals surface area contributed by atoms with Crippen LogP contribution in [-0.4, -0.2) is 16.5 Å². The van der Waals surface area contributed by atoms with Crippen LogP contribution in [-0.2, 0) is 6.42 Å². The predicted octanol–water partition coefficient (Wildman–Crippen LogP) is 3.02. The maximum atomic E-state index is 9.27. The Kier molecular flexibility index (Phi) is 2.95. The molecule has 2 aromatic heterocycles. The van der Waals surface area contributed by atoms with E-state index in [1.807, 2.05) is 36.7 Å². The van der Waals surface area contributed by atoms with Crippen LogP contribution in [0.1, 0.15) is 11.1 Å². The first-order valence-corrected chi connectivity index (χ1v) is 6.25. The molecule has 0 fully saturated rings. The number of nitriles is 1. The van der Waals surface area contributed by atoms with Crippen LogP contribution in [0.4, 0.5) is 5.82 Å². The van der Waals surface area contributed by atoms with Gasteiger partial charge in [0.25, 0.3) is 0 Å². The molecule has 3 rings (SSSR count). The number of nitrogens with zero attached hydrogens (tertiary/aromatic N) is 1. The molecule has 0 saturated heterocycles. The molecule has 1 aromatic carbocycles. The van der Waals surface area contributed by atoms with Crippen LogP contribution in [0.5, 0.6) is 0 Å². The van der Waals surface area contributed by atoms with E-state index in [-0.39, 0.29) is 0 Å². The highest BCUT2D eigenvalue weighted by Crippen LogP contribution is 2.25. The number of hydrogen-bond acceptors (Lipinski definition) is 2. The van der Waals surface area contributed by atoms with Gasteiger partial charge in [0.1, 0.15) is 17.5 Å². The van der Waals surface area contributed by atoms with E-state index in [9.17, 15) is 5.26 Å². The monoisotopic (exact) mass is 250 g/mol. The lowest BCUT2D eigenvalue weighted by atomic mass is 10.2. The van der Waals surface area contributed by atoms with Crippen molar-refractivity contribution < 1.29 is 0 Å². The van der Waals surface area contributed by atoms with Gasteiger partial charge in [-0.25, -0.2) is 0 Å². The molecule has 19 heavy (non-hydrogen) atoms. The highest BCUT2D eigenvalue weighted by atomic mass is 15.0. The van der Waals surface area contributed by atoms with E-state index in [0.29, 0.717) is 5.56 Å². The second-order valence-corrected chi connectivity index (χ2v) is 4.43.